The lowest BCUT2D eigenvalue weighted by Crippen LogP contribution is -2.26. The summed E-state index contributed by atoms with van der Waals surface area (Å²) in [6.07, 6.45) is -2.85. The lowest BCUT2D eigenvalue weighted by atomic mass is 10.2. The second-order valence-electron chi connectivity index (χ2n) is 4.52. The highest BCUT2D eigenvalue weighted by Gasteiger charge is 2.33. The molecule has 0 radical (unpaired) electrons. The van der Waals surface area contributed by atoms with Gasteiger partial charge >= 0.3 is 6.18 Å². The number of alkyl halides is 3. The van der Waals surface area contributed by atoms with Gasteiger partial charge in [-0.1, -0.05) is 18.2 Å². The van der Waals surface area contributed by atoms with Gasteiger partial charge in [-0.3, -0.25) is 10.4 Å². The van der Waals surface area contributed by atoms with E-state index in [2.05, 4.69) is 20.8 Å². The summed E-state index contributed by atoms with van der Waals surface area (Å²) in [5, 5.41) is 6.45. The predicted molar refractivity (Wildman–Crippen MR) is 87.2 cm³/mol. The van der Waals surface area contributed by atoms with Gasteiger partial charge in [0.1, 0.15) is 0 Å². The third-order valence-corrected chi connectivity index (χ3v) is 3.03. The van der Waals surface area contributed by atoms with Crippen LogP contribution in [-0.2, 0) is 6.18 Å². The number of pyridine rings is 1. The van der Waals surface area contributed by atoms with Crippen molar-refractivity contribution in [1.29, 1.82) is 0 Å². The van der Waals surface area contributed by atoms with Gasteiger partial charge in [0.2, 0.25) is 0 Å². The molecule has 0 bridgehead atoms. The summed E-state index contributed by atoms with van der Waals surface area (Å²) in [4.78, 5) is 4.10. The van der Waals surface area contributed by atoms with Gasteiger partial charge in [0, 0.05) is 6.20 Å². The van der Waals surface area contributed by atoms with Crippen molar-refractivity contribution in [2.24, 2.45) is 5.10 Å². The van der Waals surface area contributed by atoms with Crippen LogP contribution in [-0.4, -0.2) is 15.8 Å². The summed E-state index contributed by atoms with van der Waals surface area (Å²) in [5.41, 5.74) is 2.77. The van der Waals surface area contributed by atoms with Crippen LogP contribution in [0.25, 0.3) is 0 Å². The number of para-hydroxylation sites is 1. The number of halogens is 3. The summed E-state index contributed by atoms with van der Waals surface area (Å²) in [6, 6.07) is 10.4. The van der Waals surface area contributed by atoms with Gasteiger partial charge in [-0.2, -0.15) is 18.3 Å². The van der Waals surface area contributed by atoms with Gasteiger partial charge < -0.3 is 5.32 Å². The Morgan fingerprint density at radius 2 is 1.83 bits per heavy atom. The van der Waals surface area contributed by atoms with E-state index in [1.54, 1.807) is 31.3 Å². The Morgan fingerprint density at radius 3 is 2.48 bits per heavy atom. The molecule has 23 heavy (non-hydrogen) atoms. The Balaban J connectivity index is 2.07. The van der Waals surface area contributed by atoms with Gasteiger partial charge in [-0.05, 0) is 43.4 Å². The standard InChI is InChI=1S/C15H13F3N4S/c1-10(12-7-4-5-9-19-12)21-22-14(23)20-13-8-3-2-6-11(13)15(16,17)18/h2-9H,1H3,(H2,20,22,23)/b21-10-. The second kappa shape index (κ2) is 7.19. The van der Waals surface area contributed by atoms with Crippen LogP contribution >= 0.6 is 12.2 Å². The highest BCUT2D eigenvalue weighted by molar-refractivity contribution is 7.80. The highest BCUT2D eigenvalue weighted by Crippen LogP contribution is 2.34. The lowest BCUT2D eigenvalue weighted by Gasteiger charge is -2.14. The number of rotatable bonds is 3. The fourth-order valence-electron chi connectivity index (χ4n) is 1.76. The van der Waals surface area contributed by atoms with E-state index in [-0.39, 0.29) is 10.8 Å². The van der Waals surface area contributed by atoms with Crippen molar-refractivity contribution in [2.45, 2.75) is 13.1 Å². The SMILES string of the molecule is C/C(=N/NC(=S)Nc1ccccc1C(F)(F)F)c1ccccn1. The molecule has 1 heterocycles. The number of aromatic nitrogens is 1. The smallest absolute Gasteiger partial charge is 0.331 e. The molecule has 1 aromatic carbocycles. The Labute approximate surface area is 136 Å². The molecule has 2 N–H and O–H groups in total. The molecule has 0 spiro atoms. The molecule has 0 unspecified atom stereocenters. The van der Waals surface area contributed by atoms with Crippen LogP contribution in [0, 0.1) is 0 Å². The molecule has 0 saturated heterocycles. The molecule has 0 atom stereocenters. The van der Waals surface area contributed by atoms with Crippen molar-refractivity contribution in [2.75, 3.05) is 5.32 Å². The Hall–Kier alpha value is -2.48. The molecular weight excluding hydrogens is 325 g/mol. The summed E-state index contributed by atoms with van der Waals surface area (Å²) in [7, 11) is 0. The third kappa shape index (κ3) is 4.75. The minimum absolute atomic E-state index is 0.0445. The zero-order chi connectivity index (χ0) is 16.9. The van der Waals surface area contributed by atoms with Gasteiger partial charge in [0.15, 0.2) is 5.11 Å². The molecule has 0 saturated carbocycles. The average molecular weight is 338 g/mol. The molecule has 120 valence electrons. The fraction of sp³-hybridized carbons (Fsp3) is 0.133. The zero-order valence-electron chi connectivity index (χ0n) is 12.1. The average Bonchev–Trinajstić information content (AvgIpc) is 2.53. The van der Waals surface area contributed by atoms with Gasteiger partial charge in [0.25, 0.3) is 0 Å². The number of hydrogen-bond acceptors (Lipinski definition) is 3. The molecule has 2 aromatic rings. The molecule has 4 nitrogen and oxygen atoms in total. The third-order valence-electron chi connectivity index (χ3n) is 2.84. The molecule has 0 aliphatic heterocycles. The molecule has 1 aromatic heterocycles. The Bertz CT molecular complexity index is 714. The van der Waals surface area contributed by atoms with E-state index >= 15 is 0 Å². The predicted octanol–water partition coefficient (Wildman–Crippen LogP) is 3.81. The maximum Gasteiger partial charge on any atom is 0.418 e. The van der Waals surface area contributed by atoms with Crippen LogP contribution in [0.3, 0.4) is 0 Å². The Morgan fingerprint density at radius 1 is 1.13 bits per heavy atom. The first-order valence-corrected chi connectivity index (χ1v) is 6.97. The van der Waals surface area contributed by atoms with Gasteiger partial charge in [0.05, 0.1) is 22.7 Å². The number of nitrogens with one attached hydrogen (secondary N) is 2. The maximum absolute atomic E-state index is 12.9. The minimum atomic E-state index is -4.47. The fourth-order valence-corrected chi connectivity index (χ4v) is 1.91. The number of benzene rings is 1. The molecule has 8 heteroatoms. The van der Waals surface area contributed by atoms with Crippen LogP contribution in [0.15, 0.2) is 53.8 Å². The van der Waals surface area contributed by atoms with Crippen molar-refractivity contribution in [1.82, 2.24) is 10.4 Å². The van der Waals surface area contributed by atoms with Crippen molar-refractivity contribution in [3.05, 3.63) is 59.9 Å². The van der Waals surface area contributed by atoms with E-state index in [0.29, 0.717) is 11.4 Å². The number of hydrazone groups is 1. The van der Waals surface area contributed by atoms with Gasteiger partial charge in [-0.15, -0.1) is 0 Å². The van der Waals surface area contributed by atoms with E-state index < -0.39 is 11.7 Å². The monoisotopic (exact) mass is 338 g/mol. The summed E-state index contributed by atoms with van der Waals surface area (Å²) >= 11 is 4.97. The number of nitrogens with zero attached hydrogens (tertiary/aromatic N) is 2. The number of anilines is 1. The zero-order valence-corrected chi connectivity index (χ0v) is 12.9. The summed E-state index contributed by atoms with van der Waals surface area (Å²) < 4.78 is 38.7. The molecule has 0 aliphatic carbocycles. The van der Waals surface area contributed by atoms with Crippen LogP contribution in [0.4, 0.5) is 18.9 Å². The van der Waals surface area contributed by atoms with Crippen LogP contribution in [0.2, 0.25) is 0 Å². The van der Waals surface area contributed by atoms with Crippen molar-refractivity contribution >= 4 is 28.7 Å². The van der Waals surface area contributed by atoms with Crippen molar-refractivity contribution < 1.29 is 13.2 Å². The van der Waals surface area contributed by atoms with E-state index in [4.69, 9.17) is 12.2 Å². The lowest BCUT2D eigenvalue weighted by molar-refractivity contribution is -0.136. The molecule has 0 amide bonds. The highest BCUT2D eigenvalue weighted by atomic mass is 32.1. The largest absolute Gasteiger partial charge is 0.418 e. The Kier molecular flexibility index (Phi) is 5.28. The molecule has 0 aliphatic rings. The summed E-state index contributed by atoms with van der Waals surface area (Å²) in [6.45, 7) is 1.71. The van der Waals surface area contributed by atoms with Crippen LogP contribution < -0.4 is 10.7 Å². The molecule has 0 fully saturated rings. The number of thiocarbonyl (C=S) groups is 1. The summed E-state index contributed by atoms with van der Waals surface area (Å²) in [5.74, 6) is 0. The van der Waals surface area contributed by atoms with Gasteiger partial charge in [-0.25, -0.2) is 0 Å². The van der Waals surface area contributed by atoms with E-state index in [1.165, 1.54) is 18.2 Å². The number of hydrogen-bond donors (Lipinski definition) is 2. The second-order valence-corrected chi connectivity index (χ2v) is 4.93. The maximum atomic E-state index is 12.9. The molecular formula is C15H13F3N4S. The topological polar surface area (TPSA) is 49.3 Å². The first-order valence-electron chi connectivity index (χ1n) is 6.57. The first kappa shape index (κ1) is 16.9. The van der Waals surface area contributed by atoms with E-state index in [1.807, 2.05) is 0 Å². The molecule has 2 rings (SSSR count). The first-order chi connectivity index (χ1) is 10.9. The van der Waals surface area contributed by atoms with Crippen LogP contribution in [0.1, 0.15) is 18.2 Å². The quantitative estimate of drug-likeness (QED) is 0.508. The van der Waals surface area contributed by atoms with Crippen LogP contribution in [0.5, 0.6) is 0 Å². The van der Waals surface area contributed by atoms with E-state index in [9.17, 15) is 13.2 Å². The minimum Gasteiger partial charge on any atom is -0.331 e. The van der Waals surface area contributed by atoms with Crippen molar-refractivity contribution in [3.63, 3.8) is 0 Å². The normalized spacial score (nSPS) is 11.9. The van der Waals surface area contributed by atoms with Crippen molar-refractivity contribution in [3.8, 4) is 0 Å². The van der Waals surface area contributed by atoms with E-state index in [0.717, 1.165) is 6.07 Å².